The van der Waals surface area contributed by atoms with E-state index in [-0.39, 0.29) is 17.9 Å². The van der Waals surface area contributed by atoms with Gasteiger partial charge in [0.25, 0.3) is 5.56 Å². The second-order valence-electron chi connectivity index (χ2n) is 4.89. The molecule has 0 spiro atoms. The van der Waals surface area contributed by atoms with Crippen molar-refractivity contribution in [2.45, 2.75) is 32.7 Å². The first-order chi connectivity index (χ1) is 9.11. The third-order valence-corrected chi connectivity index (χ3v) is 3.52. The van der Waals surface area contributed by atoms with Crippen molar-refractivity contribution in [2.75, 3.05) is 18.0 Å². The topological polar surface area (TPSA) is 75.4 Å². The van der Waals surface area contributed by atoms with E-state index in [0.29, 0.717) is 18.9 Å². The standard InChI is InChI=1S/C13H19N3O3/c1-2-15-7-5-14-12(13(15)19)16-6-3-4-10(9-16)8-11(17)18/h5,7,10H,2-4,6,8-9H2,1H3,(H,17,18). The van der Waals surface area contributed by atoms with E-state index in [4.69, 9.17) is 5.11 Å². The Bertz CT molecular complexity index is 512. The van der Waals surface area contributed by atoms with Crippen LogP contribution in [-0.2, 0) is 11.3 Å². The maximum Gasteiger partial charge on any atom is 0.303 e. The van der Waals surface area contributed by atoms with E-state index in [0.717, 1.165) is 19.4 Å². The molecule has 6 nitrogen and oxygen atoms in total. The number of piperidine rings is 1. The third kappa shape index (κ3) is 3.13. The van der Waals surface area contributed by atoms with E-state index >= 15 is 0 Å². The van der Waals surface area contributed by atoms with Crippen molar-refractivity contribution in [3.8, 4) is 0 Å². The fraction of sp³-hybridized carbons (Fsp3) is 0.615. The molecular formula is C13H19N3O3. The largest absolute Gasteiger partial charge is 0.481 e. The van der Waals surface area contributed by atoms with Crippen LogP contribution in [0, 0.1) is 5.92 Å². The number of hydrogen-bond donors (Lipinski definition) is 1. The number of carboxylic acids is 1. The van der Waals surface area contributed by atoms with Crippen LogP contribution in [0.5, 0.6) is 0 Å². The number of hydrogen-bond acceptors (Lipinski definition) is 4. The van der Waals surface area contributed by atoms with E-state index in [1.807, 2.05) is 11.8 Å². The van der Waals surface area contributed by atoms with E-state index in [9.17, 15) is 9.59 Å². The molecular weight excluding hydrogens is 246 g/mol. The molecule has 104 valence electrons. The van der Waals surface area contributed by atoms with Crippen LogP contribution in [0.1, 0.15) is 26.2 Å². The summed E-state index contributed by atoms with van der Waals surface area (Å²) in [5, 5.41) is 8.86. The van der Waals surface area contributed by atoms with Crippen LogP contribution < -0.4 is 10.5 Å². The number of nitrogens with zero attached hydrogens (tertiary/aromatic N) is 3. The van der Waals surface area contributed by atoms with Crippen molar-refractivity contribution in [1.82, 2.24) is 9.55 Å². The van der Waals surface area contributed by atoms with Crippen LogP contribution in [0.25, 0.3) is 0 Å². The minimum atomic E-state index is -0.779. The Kier molecular flexibility index (Phi) is 4.19. The average molecular weight is 265 g/mol. The molecule has 1 aromatic rings. The van der Waals surface area contributed by atoms with E-state index < -0.39 is 5.97 Å². The Hall–Kier alpha value is -1.85. The molecule has 0 saturated carbocycles. The average Bonchev–Trinajstić information content (AvgIpc) is 2.38. The lowest BCUT2D eigenvalue weighted by molar-refractivity contribution is -0.138. The van der Waals surface area contributed by atoms with Crippen molar-refractivity contribution < 1.29 is 9.90 Å². The Morgan fingerprint density at radius 2 is 2.37 bits per heavy atom. The van der Waals surface area contributed by atoms with Gasteiger partial charge in [-0.3, -0.25) is 9.59 Å². The summed E-state index contributed by atoms with van der Waals surface area (Å²) in [6.45, 7) is 3.89. The Labute approximate surface area is 111 Å². The highest BCUT2D eigenvalue weighted by Crippen LogP contribution is 2.21. The third-order valence-electron chi connectivity index (χ3n) is 3.52. The van der Waals surface area contributed by atoms with Gasteiger partial charge in [-0.25, -0.2) is 4.98 Å². The van der Waals surface area contributed by atoms with Gasteiger partial charge in [0, 0.05) is 38.4 Å². The summed E-state index contributed by atoms with van der Waals surface area (Å²) in [5.41, 5.74) is -0.0963. The van der Waals surface area contributed by atoms with Crippen LogP contribution in [0.2, 0.25) is 0 Å². The minimum absolute atomic E-state index is 0.0963. The summed E-state index contributed by atoms with van der Waals surface area (Å²) in [6.07, 6.45) is 5.26. The highest BCUT2D eigenvalue weighted by Gasteiger charge is 2.24. The first kappa shape index (κ1) is 13.6. The second-order valence-corrected chi connectivity index (χ2v) is 4.89. The van der Waals surface area contributed by atoms with Gasteiger partial charge in [0.15, 0.2) is 5.82 Å². The van der Waals surface area contributed by atoms with E-state index in [2.05, 4.69) is 4.98 Å². The van der Waals surface area contributed by atoms with Gasteiger partial charge in [0.2, 0.25) is 0 Å². The van der Waals surface area contributed by atoms with E-state index in [1.165, 1.54) is 0 Å². The van der Waals surface area contributed by atoms with Crippen molar-refractivity contribution in [1.29, 1.82) is 0 Å². The molecule has 0 amide bonds. The molecule has 19 heavy (non-hydrogen) atoms. The number of carbonyl (C=O) groups is 1. The zero-order valence-corrected chi connectivity index (χ0v) is 11.1. The van der Waals surface area contributed by atoms with Crippen molar-refractivity contribution >= 4 is 11.8 Å². The van der Waals surface area contributed by atoms with Crippen LogP contribution in [0.15, 0.2) is 17.2 Å². The Morgan fingerprint density at radius 3 is 3.05 bits per heavy atom. The Morgan fingerprint density at radius 1 is 1.58 bits per heavy atom. The fourth-order valence-corrected chi connectivity index (χ4v) is 2.57. The van der Waals surface area contributed by atoms with Gasteiger partial charge >= 0.3 is 5.97 Å². The number of aliphatic carboxylic acids is 1. The predicted octanol–water partition coefficient (Wildman–Crippen LogP) is 0.954. The SMILES string of the molecule is CCn1ccnc(N2CCCC(CC(=O)O)C2)c1=O. The van der Waals surface area contributed by atoms with Crippen LogP contribution in [0.3, 0.4) is 0 Å². The highest BCUT2D eigenvalue weighted by molar-refractivity contribution is 5.67. The lowest BCUT2D eigenvalue weighted by Crippen LogP contribution is -2.40. The molecule has 1 saturated heterocycles. The van der Waals surface area contributed by atoms with Gasteiger partial charge in [0.05, 0.1) is 0 Å². The van der Waals surface area contributed by atoms with Crippen LogP contribution in [-0.4, -0.2) is 33.7 Å². The summed E-state index contributed by atoms with van der Waals surface area (Å²) >= 11 is 0. The molecule has 2 heterocycles. The van der Waals surface area contributed by atoms with Crippen molar-refractivity contribution in [2.24, 2.45) is 5.92 Å². The molecule has 1 N–H and O–H groups in total. The first-order valence-corrected chi connectivity index (χ1v) is 6.64. The second kappa shape index (κ2) is 5.86. The molecule has 1 aromatic heterocycles. The number of anilines is 1. The quantitative estimate of drug-likeness (QED) is 0.877. The van der Waals surface area contributed by atoms with Crippen LogP contribution >= 0.6 is 0 Å². The van der Waals surface area contributed by atoms with Crippen molar-refractivity contribution in [3.05, 3.63) is 22.7 Å². The van der Waals surface area contributed by atoms with Gasteiger partial charge in [-0.1, -0.05) is 0 Å². The first-order valence-electron chi connectivity index (χ1n) is 6.64. The lowest BCUT2D eigenvalue weighted by atomic mass is 9.95. The minimum Gasteiger partial charge on any atom is -0.481 e. The molecule has 2 rings (SSSR count). The zero-order valence-electron chi connectivity index (χ0n) is 11.1. The molecule has 1 unspecified atom stereocenters. The summed E-state index contributed by atoms with van der Waals surface area (Å²) < 4.78 is 1.61. The van der Waals surface area contributed by atoms with Gasteiger partial charge in [-0.05, 0) is 25.7 Å². The number of rotatable bonds is 4. The fourth-order valence-electron chi connectivity index (χ4n) is 2.57. The molecule has 1 aliphatic rings. The van der Waals surface area contributed by atoms with Gasteiger partial charge in [-0.15, -0.1) is 0 Å². The summed E-state index contributed by atoms with van der Waals surface area (Å²) in [5.74, 6) is -0.235. The Balaban J connectivity index is 2.17. The lowest BCUT2D eigenvalue weighted by Gasteiger charge is -2.32. The number of aromatic nitrogens is 2. The van der Waals surface area contributed by atoms with Crippen LogP contribution in [0.4, 0.5) is 5.82 Å². The number of carboxylic acid groups (broad SMARTS) is 1. The van der Waals surface area contributed by atoms with E-state index in [1.54, 1.807) is 17.0 Å². The summed E-state index contributed by atoms with van der Waals surface area (Å²) in [7, 11) is 0. The zero-order chi connectivity index (χ0) is 13.8. The monoisotopic (exact) mass is 265 g/mol. The molecule has 0 radical (unpaired) electrons. The molecule has 1 fully saturated rings. The number of aryl methyl sites for hydroxylation is 1. The molecule has 0 aromatic carbocycles. The molecule has 1 atom stereocenters. The predicted molar refractivity (Wildman–Crippen MR) is 71.4 cm³/mol. The molecule has 0 aliphatic carbocycles. The molecule has 0 bridgehead atoms. The van der Waals surface area contributed by atoms with Gasteiger partial charge < -0.3 is 14.6 Å². The summed E-state index contributed by atoms with van der Waals surface area (Å²) in [6, 6.07) is 0. The molecule has 1 aliphatic heterocycles. The smallest absolute Gasteiger partial charge is 0.303 e. The maximum absolute atomic E-state index is 12.2. The van der Waals surface area contributed by atoms with Gasteiger partial charge in [0.1, 0.15) is 0 Å². The summed E-state index contributed by atoms with van der Waals surface area (Å²) in [4.78, 5) is 29.0. The normalized spacial score (nSPS) is 19.4. The maximum atomic E-state index is 12.2. The van der Waals surface area contributed by atoms with Gasteiger partial charge in [-0.2, -0.15) is 0 Å². The molecule has 6 heteroatoms. The van der Waals surface area contributed by atoms with Crippen molar-refractivity contribution in [3.63, 3.8) is 0 Å². The highest BCUT2D eigenvalue weighted by atomic mass is 16.4.